The second-order valence-electron chi connectivity index (χ2n) is 4.07. The van der Waals surface area contributed by atoms with Crippen LogP contribution in [0.3, 0.4) is 0 Å². The molecule has 0 bridgehead atoms. The van der Waals surface area contributed by atoms with Gasteiger partial charge in [0.25, 0.3) is 5.91 Å². The van der Waals surface area contributed by atoms with E-state index in [9.17, 15) is 9.59 Å². The molecule has 3 N–H and O–H groups in total. The number of halogens is 1. The molecule has 1 aromatic heterocycles. The normalized spacial score (nSPS) is 10.1. The van der Waals surface area contributed by atoms with Crippen molar-refractivity contribution in [2.45, 2.75) is 4.90 Å². The summed E-state index contributed by atoms with van der Waals surface area (Å²) >= 11 is 6.95. The number of hydrogen-bond acceptors (Lipinski definition) is 4. The van der Waals surface area contributed by atoms with Gasteiger partial charge < -0.3 is 11.1 Å². The summed E-state index contributed by atoms with van der Waals surface area (Å²) in [6, 6.07) is 10.3. The van der Waals surface area contributed by atoms with E-state index in [0.717, 1.165) is 4.90 Å². The first-order valence-corrected chi connectivity index (χ1v) is 7.35. The Morgan fingerprint density at radius 1 is 1.24 bits per heavy atom. The highest BCUT2D eigenvalue weighted by Crippen LogP contribution is 2.27. The number of para-hydroxylation sites is 1. The summed E-state index contributed by atoms with van der Waals surface area (Å²) in [7, 11) is 0. The minimum Gasteiger partial charge on any atom is -0.369 e. The van der Waals surface area contributed by atoms with E-state index < -0.39 is 5.91 Å². The van der Waals surface area contributed by atoms with Gasteiger partial charge >= 0.3 is 0 Å². The van der Waals surface area contributed by atoms with Crippen LogP contribution in [0.2, 0.25) is 5.15 Å². The molecule has 1 heterocycles. The van der Waals surface area contributed by atoms with Gasteiger partial charge in [0.2, 0.25) is 5.91 Å². The Kier molecular flexibility index (Phi) is 5.19. The predicted molar refractivity (Wildman–Crippen MR) is 83.6 cm³/mol. The number of carbonyl (C=O) groups excluding carboxylic acids is 2. The van der Waals surface area contributed by atoms with Gasteiger partial charge in [-0.3, -0.25) is 9.59 Å². The summed E-state index contributed by atoms with van der Waals surface area (Å²) in [5.74, 6) is -0.565. The zero-order chi connectivity index (χ0) is 15.2. The fourth-order valence-electron chi connectivity index (χ4n) is 1.55. The van der Waals surface area contributed by atoms with Crippen LogP contribution in [-0.4, -0.2) is 22.6 Å². The van der Waals surface area contributed by atoms with Gasteiger partial charge in [0, 0.05) is 11.1 Å². The minimum absolute atomic E-state index is 0.148. The predicted octanol–water partition coefficient (Wildman–Crippen LogP) is 2.56. The van der Waals surface area contributed by atoms with Gasteiger partial charge in [0.15, 0.2) is 0 Å². The smallest absolute Gasteiger partial charge is 0.257 e. The molecular weight excluding hydrogens is 310 g/mol. The van der Waals surface area contributed by atoms with Gasteiger partial charge in [-0.2, -0.15) is 0 Å². The highest BCUT2D eigenvalue weighted by atomic mass is 35.5. The van der Waals surface area contributed by atoms with Crippen LogP contribution in [0.25, 0.3) is 0 Å². The highest BCUT2D eigenvalue weighted by molar-refractivity contribution is 8.00. The Morgan fingerprint density at radius 2 is 2.00 bits per heavy atom. The molecule has 5 nitrogen and oxygen atoms in total. The van der Waals surface area contributed by atoms with Crippen molar-refractivity contribution in [2.75, 3.05) is 11.1 Å². The topological polar surface area (TPSA) is 85.1 Å². The Morgan fingerprint density at radius 3 is 2.67 bits per heavy atom. The zero-order valence-corrected chi connectivity index (χ0v) is 12.4. The molecule has 2 aromatic rings. The maximum atomic E-state index is 12.1. The molecule has 2 rings (SSSR count). The van der Waals surface area contributed by atoms with Gasteiger partial charge in [-0.1, -0.05) is 23.7 Å². The van der Waals surface area contributed by atoms with Gasteiger partial charge in [0.1, 0.15) is 5.15 Å². The minimum atomic E-state index is -0.414. The zero-order valence-electron chi connectivity index (χ0n) is 10.9. The van der Waals surface area contributed by atoms with Gasteiger partial charge in [-0.05, 0) is 24.3 Å². The first-order chi connectivity index (χ1) is 10.1. The van der Waals surface area contributed by atoms with E-state index in [1.54, 1.807) is 24.3 Å². The Balaban J connectivity index is 2.13. The maximum absolute atomic E-state index is 12.1. The summed E-state index contributed by atoms with van der Waals surface area (Å²) < 4.78 is 0. The van der Waals surface area contributed by atoms with Crippen molar-refractivity contribution in [2.24, 2.45) is 5.73 Å². The van der Waals surface area contributed by atoms with Gasteiger partial charge in [-0.15, -0.1) is 11.8 Å². The van der Waals surface area contributed by atoms with Crippen LogP contribution in [-0.2, 0) is 4.79 Å². The lowest BCUT2D eigenvalue weighted by molar-refractivity contribution is -0.115. The molecule has 7 heteroatoms. The number of nitrogens with two attached hydrogens (primary N) is 1. The second-order valence-corrected chi connectivity index (χ2v) is 5.48. The number of primary amides is 1. The van der Waals surface area contributed by atoms with Crippen LogP contribution in [0.4, 0.5) is 5.69 Å². The quantitative estimate of drug-likeness (QED) is 0.654. The lowest BCUT2D eigenvalue weighted by atomic mass is 10.2. The van der Waals surface area contributed by atoms with Crippen LogP contribution in [0.1, 0.15) is 10.4 Å². The second kappa shape index (κ2) is 7.10. The number of aromatic nitrogens is 1. The molecule has 0 fully saturated rings. The largest absolute Gasteiger partial charge is 0.369 e. The number of nitrogens with zero attached hydrogens (tertiary/aromatic N) is 1. The van der Waals surface area contributed by atoms with E-state index in [4.69, 9.17) is 17.3 Å². The molecule has 1 aromatic carbocycles. The maximum Gasteiger partial charge on any atom is 0.257 e. The standard InChI is InChI=1S/C14H12ClN3O2S/c15-12-6-5-9(7-17-12)14(20)18-10-3-1-2-4-11(10)21-8-13(16)19/h1-7H,8H2,(H2,16,19)(H,18,20). The van der Waals surface area contributed by atoms with Crippen LogP contribution in [0.15, 0.2) is 47.5 Å². The molecule has 0 atom stereocenters. The summed E-state index contributed by atoms with van der Waals surface area (Å²) in [5.41, 5.74) is 6.14. The van der Waals surface area contributed by atoms with E-state index in [0.29, 0.717) is 16.4 Å². The molecule has 0 aliphatic carbocycles. The third-order valence-corrected chi connectivity index (χ3v) is 3.81. The van der Waals surface area contributed by atoms with E-state index in [1.807, 2.05) is 12.1 Å². The molecule has 108 valence electrons. The number of thioether (sulfide) groups is 1. The number of amides is 2. The van der Waals surface area contributed by atoms with Gasteiger partial charge in [-0.25, -0.2) is 4.98 Å². The number of anilines is 1. The number of hydrogen-bond donors (Lipinski definition) is 2. The average Bonchev–Trinajstić information content (AvgIpc) is 2.47. The van der Waals surface area contributed by atoms with Crippen LogP contribution in [0.5, 0.6) is 0 Å². The highest BCUT2D eigenvalue weighted by Gasteiger charge is 2.10. The molecule has 2 amide bonds. The summed E-state index contributed by atoms with van der Waals surface area (Å²) in [5, 5.41) is 3.10. The van der Waals surface area contributed by atoms with E-state index >= 15 is 0 Å². The van der Waals surface area contributed by atoms with Crippen LogP contribution in [0, 0.1) is 0 Å². The van der Waals surface area contributed by atoms with Crippen molar-refractivity contribution in [3.8, 4) is 0 Å². The Hall–Kier alpha value is -2.05. The molecule has 0 saturated heterocycles. The fourth-order valence-corrected chi connectivity index (χ4v) is 2.41. The van der Waals surface area contributed by atoms with Crippen LogP contribution >= 0.6 is 23.4 Å². The molecule has 0 unspecified atom stereocenters. The van der Waals surface area contributed by atoms with Gasteiger partial charge in [0.05, 0.1) is 17.0 Å². The lowest BCUT2D eigenvalue weighted by Crippen LogP contribution is -2.14. The summed E-state index contributed by atoms with van der Waals surface area (Å²) in [6.45, 7) is 0. The first kappa shape index (κ1) is 15.3. The van der Waals surface area contributed by atoms with Crippen molar-refractivity contribution in [3.05, 3.63) is 53.3 Å². The molecule has 0 aliphatic heterocycles. The van der Waals surface area contributed by atoms with E-state index in [2.05, 4.69) is 10.3 Å². The number of rotatable bonds is 5. The number of pyridine rings is 1. The monoisotopic (exact) mass is 321 g/mol. The Bertz CT molecular complexity index is 662. The molecule has 0 radical (unpaired) electrons. The first-order valence-electron chi connectivity index (χ1n) is 5.99. The molecule has 0 aliphatic rings. The third kappa shape index (κ3) is 4.47. The van der Waals surface area contributed by atoms with Crippen molar-refractivity contribution in [1.29, 1.82) is 0 Å². The number of benzene rings is 1. The summed E-state index contributed by atoms with van der Waals surface area (Å²) in [4.78, 5) is 27.6. The average molecular weight is 322 g/mol. The van der Waals surface area contributed by atoms with Crippen molar-refractivity contribution in [3.63, 3.8) is 0 Å². The van der Waals surface area contributed by atoms with E-state index in [1.165, 1.54) is 18.0 Å². The SMILES string of the molecule is NC(=O)CSc1ccccc1NC(=O)c1ccc(Cl)nc1. The van der Waals surface area contributed by atoms with Crippen molar-refractivity contribution >= 4 is 40.9 Å². The lowest BCUT2D eigenvalue weighted by Gasteiger charge is -2.10. The molecular formula is C14H12ClN3O2S. The molecule has 21 heavy (non-hydrogen) atoms. The molecule has 0 spiro atoms. The number of carbonyl (C=O) groups is 2. The third-order valence-electron chi connectivity index (χ3n) is 2.49. The van der Waals surface area contributed by atoms with E-state index in [-0.39, 0.29) is 11.7 Å². The van der Waals surface area contributed by atoms with Crippen molar-refractivity contribution in [1.82, 2.24) is 4.98 Å². The van der Waals surface area contributed by atoms with Crippen LogP contribution < -0.4 is 11.1 Å². The number of nitrogens with one attached hydrogen (secondary N) is 1. The Labute approximate surface area is 130 Å². The summed E-state index contributed by atoms with van der Waals surface area (Å²) in [6.07, 6.45) is 1.40. The molecule has 0 saturated carbocycles. The fraction of sp³-hybridized carbons (Fsp3) is 0.0714. The van der Waals surface area contributed by atoms with Crippen molar-refractivity contribution < 1.29 is 9.59 Å².